The summed E-state index contributed by atoms with van der Waals surface area (Å²) in [5, 5.41) is 2.01. The second kappa shape index (κ2) is 5.20. The molecule has 0 aliphatic carbocycles. The van der Waals surface area contributed by atoms with Crippen molar-refractivity contribution in [2.75, 3.05) is 5.32 Å². The maximum atomic E-state index is 13.4. The van der Waals surface area contributed by atoms with E-state index in [9.17, 15) is 22.8 Å². The van der Waals surface area contributed by atoms with Crippen LogP contribution in [0.4, 0.5) is 18.9 Å². The maximum absolute atomic E-state index is 13.4. The molecule has 0 fully saturated rings. The molecule has 0 saturated heterocycles. The van der Waals surface area contributed by atoms with Crippen molar-refractivity contribution in [2.45, 2.75) is 0 Å². The Labute approximate surface area is 111 Å². The van der Waals surface area contributed by atoms with Crippen LogP contribution < -0.4 is 10.9 Å². The first-order valence-electron chi connectivity index (χ1n) is 5.51. The minimum atomic E-state index is -1.41. The van der Waals surface area contributed by atoms with Crippen LogP contribution in [0.25, 0.3) is 0 Å². The number of aromatic nitrogens is 1. The highest BCUT2D eigenvalue weighted by atomic mass is 19.2. The average molecular weight is 282 g/mol. The summed E-state index contributed by atoms with van der Waals surface area (Å²) in [6.45, 7) is 0. The van der Waals surface area contributed by atoms with Crippen molar-refractivity contribution in [3.63, 3.8) is 0 Å². The van der Waals surface area contributed by atoms with E-state index in [-0.39, 0.29) is 5.56 Å². The number of carbonyl (C=O) groups excluding carboxylic acids is 1. The zero-order valence-corrected chi connectivity index (χ0v) is 10.3. The maximum Gasteiger partial charge on any atom is 0.255 e. The van der Waals surface area contributed by atoms with Crippen LogP contribution in [0.15, 0.2) is 35.3 Å². The molecule has 2 aromatic rings. The predicted octanol–water partition coefficient (Wildman–Crippen LogP) is 2.05. The van der Waals surface area contributed by atoms with Gasteiger partial charge in [-0.2, -0.15) is 0 Å². The average Bonchev–Trinajstić information content (AvgIpc) is 2.38. The smallest absolute Gasteiger partial charge is 0.255 e. The fourth-order valence-electron chi connectivity index (χ4n) is 1.53. The molecule has 2 rings (SSSR count). The topological polar surface area (TPSA) is 51.1 Å². The summed E-state index contributed by atoms with van der Waals surface area (Å²) < 4.78 is 40.6. The first-order valence-corrected chi connectivity index (χ1v) is 5.51. The van der Waals surface area contributed by atoms with Gasteiger partial charge in [-0.15, -0.1) is 0 Å². The molecule has 4 nitrogen and oxygen atoms in total. The molecule has 0 radical (unpaired) electrons. The summed E-state index contributed by atoms with van der Waals surface area (Å²) in [5.41, 5.74) is -1.12. The summed E-state index contributed by atoms with van der Waals surface area (Å²) in [6, 6.07) is 3.37. The number of benzene rings is 1. The first-order chi connectivity index (χ1) is 9.38. The van der Waals surface area contributed by atoms with E-state index < -0.39 is 34.6 Å². The van der Waals surface area contributed by atoms with Crippen molar-refractivity contribution >= 4 is 11.6 Å². The molecule has 0 aliphatic rings. The number of hydrogen-bond acceptors (Lipinski definition) is 2. The molecule has 0 saturated carbocycles. The van der Waals surface area contributed by atoms with Crippen LogP contribution in [0.3, 0.4) is 0 Å². The van der Waals surface area contributed by atoms with Crippen LogP contribution in [0.5, 0.6) is 0 Å². The van der Waals surface area contributed by atoms with E-state index in [4.69, 9.17) is 0 Å². The van der Waals surface area contributed by atoms with Crippen LogP contribution in [-0.4, -0.2) is 10.5 Å². The predicted molar refractivity (Wildman–Crippen MR) is 66.0 cm³/mol. The third kappa shape index (κ3) is 2.71. The van der Waals surface area contributed by atoms with Crippen molar-refractivity contribution in [3.05, 3.63) is 63.8 Å². The van der Waals surface area contributed by atoms with Gasteiger partial charge in [-0.3, -0.25) is 9.59 Å². The van der Waals surface area contributed by atoms with Gasteiger partial charge in [0.1, 0.15) is 5.82 Å². The van der Waals surface area contributed by atoms with Crippen LogP contribution in [0.2, 0.25) is 0 Å². The molecular weight excluding hydrogens is 273 g/mol. The Morgan fingerprint density at radius 2 is 1.90 bits per heavy atom. The largest absolute Gasteiger partial charge is 0.319 e. The Bertz CT molecular complexity index is 741. The van der Waals surface area contributed by atoms with Gasteiger partial charge in [0, 0.05) is 37.0 Å². The number of hydrogen-bond donors (Lipinski definition) is 1. The molecule has 0 bridgehead atoms. The fraction of sp³-hybridized carbons (Fsp3) is 0.0769. The molecule has 104 valence electrons. The molecule has 1 heterocycles. The van der Waals surface area contributed by atoms with Gasteiger partial charge in [-0.25, -0.2) is 13.2 Å². The van der Waals surface area contributed by atoms with Gasteiger partial charge >= 0.3 is 0 Å². The third-order valence-corrected chi connectivity index (χ3v) is 2.61. The molecule has 0 unspecified atom stereocenters. The SMILES string of the molecule is Cn1ccc(C(=O)Nc2cc(F)cc(F)c2F)cc1=O. The number of pyridine rings is 1. The van der Waals surface area contributed by atoms with E-state index in [0.29, 0.717) is 12.1 Å². The lowest BCUT2D eigenvalue weighted by atomic mass is 10.2. The van der Waals surface area contributed by atoms with Crippen molar-refractivity contribution in [3.8, 4) is 0 Å². The second-order valence-corrected chi connectivity index (χ2v) is 4.07. The molecule has 7 heteroatoms. The van der Waals surface area contributed by atoms with Crippen LogP contribution in [0, 0.1) is 17.5 Å². The van der Waals surface area contributed by atoms with Crippen molar-refractivity contribution in [1.29, 1.82) is 0 Å². The minimum absolute atomic E-state index is 0.0443. The number of nitrogens with zero attached hydrogens (tertiary/aromatic N) is 1. The zero-order valence-electron chi connectivity index (χ0n) is 10.3. The molecule has 1 N–H and O–H groups in total. The Morgan fingerprint density at radius 1 is 1.20 bits per heavy atom. The number of aryl methyl sites for hydroxylation is 1. The van der Waals surface area contributed by atoms with Gasteiger partial charge in [0.15, 0.2) is 11.6 Å². The summed E-state index contributed by atoms with van der Waals surface area (Å²) in [7, 11) is 1.49. The van der Waals surface area contributed by atoms with Gasteiger partial charge < -0.3 is 9.88 Å². The molecule has 1 aromatic heterocycles. The number of anilines is 1. The summed E-state index contributed by atoms with van der Waals surface area (Å²) in [5.74, 6) is -4.65. The summed E-state index contributed by atoms with van der Waals surface area (Å²) >= 11 is 0. The fourth-order valence-corrected chi connectivity index (χ4v) is 1.53. The van der Waals surface area contributed by atoms with E-state index in [1.807, 2.05) is 5.32 Å². The standard InChI is InChI=1S/C13H9F3N2O2/c1-18-3-2-7(4-11(18)19)13(20)17-10-6-8(14)5-9(15)12(10)16/h2-6H,1H3,(H,17,20). The number of rotatable bonds is 2. The second-order valence-electron chi connectivity index (χ2n) is 4.07. The van der Waals surface area contributed by atoms with E-state index in [0.717, 1.165) is 6.07 Å². The Balaban J connectivity index is 2.32. The lowest BCUT2D eigenvalue weighted by Gasteiger charge is -2.07. The van der Waals surface area contributed by atoms with Crippen molar-refractivity contribution in [1.82, 2.24) is 4.57 Å². The van der Waals surface area contributed by atoms with Crippen molar-refractivity contribution < 1.29 is 18.0 Å². The highest BCUT2D eigenvalue weighted by Crippen LogP contribution is 2.19. The van der Waals surface area contributed by atoms with Gasteiger partial charge in [0.2, 0.25) is 0 Å². The monoisotopic (exact) mass is 282 g/mol. The number of carbonyl (C=O) groups is 1. The molecule has 1 amide bonds. The van der Waals surface area contributed by atoms with E-state index in [1.165, 1.54) is 23.9 Å². The van der Waals surface area contributed by atoms with E-state index in [2.05, 4.69) is 0 Å². The molecule has 20 heavy (non-hydrogen) atoms. The van der Waals surface area contributed by atoms with Gasteiger partial charge in [0.25, 0.3) is 11.5 Å². The lowest BCUT2D eigenvalue weighted by molar-refractivity contribution is 0.102. The Morgan fingerprint density at radius 3 is 2.55 bits per heavy atom. The Hall–Kier alpha value is -2.57. The highest BCUT2D eigenvalue weighted by Gasteiger charge is 2.15. The van der Waals surface area contributed by atoms with Crippen LogP contribution in [-0.2, 0) is 7.05 Å². The summed E-state index contributed by atoms with van der Waals surface area (Å²) in [6.07, 6.45) is 1.35. The van der Waals surface area contributed by atoms with Gasteiger partial charge in [-0.05, 0) is 6.07 Å². The van der Waals surface area contributed by atoms with Crippen LogP contribution >= 0.6 is 0 Å². The third-order valence-electron chi connectivity index (χ3n) is 2.61. The first kappa shape index (κ1) is 13.9. The van der Waals surface area contributed by atoms with Gasteiger partial charge in [-0.1, -0.05) is 0 Å². The summed E-state index contributed by atoms with van der Waals surface area (Å²) in [4.78, 5) is 23.1. The van der Waals surface area contributed by atoms with E-state index in [1.54, 1.807) is 0 Å². The van der Waals surface area contributed by atoms with E-state index >= 15 is 0 Å². The van der Waals surface area contributed by atoms with Crippen molar-refractivity contribution in [2.24, 2.45) is 7.05 Å². The highest BCUT2D eigenvalue weighted by molar-refractivity contribution is 6.04. The normalized spacial score (nSPS) is 10.4. The minimum Gasteiger partial charge on any atom is -0.319 e. The molecular formula is C13H9F3N2O2. The number of halogens is 3. The number of amides is 1. The quantitative estimate of drug-likeness (QED) is 0.857. The molecule has 1 aromatic carbocycles. The lowest BCUT2D eigenvalue weighted by Crippen LogP contribution is -2.20. The number of nitrogens with one attached hydrogen (secondary N) is 1. The Kier molecular flexibility index (Phi) is 3.60. The van der Waals surface area contributed by atoms with Gasteiger partial charge in [0.05, 0.1) is 5.69 Å². The molecule has 0 atom stereocenters. The molecule has 0 spiro atoms. The molecule has 0 aliphatic heterocycles. The zero-order chi connectivity index (χ0) is 14.9. The van der Waals surface area contributed by atoms with Crippen LogP contribution in [0.1, 0.15) is 10.4 Å².